The van der Waals surface area contributed by atoms with E-state index in [-0.39, 0.29) is 11.2 Å². The summed E-state index contributed by atoms with van der Waals surface area (Å²) in [4.78, 5) is 38.7. The second kappa shape index (κ2) is 4.26. The first-order valence-electron chi connectivity index (χ1n) is 4.36. The fourth-order valence-corrected chi connectivity index (χ4v) is 1.08. The highest BCUT2D eigenvalue weighted by atomic mass is 16.2. The molecular formula is C8H8N6O2. The van der Waals surface area contributed by atoms with Crippen LogP contribution in [-0.2, 0) is 0 Å². The molecule has 0 spiro atoms. The van der Waals surface area contributed by atoms with Crippen LogP contribution < -0.4 is 11.2 Å². The molecule has 4 N–H and O–H groups in total. The van der Waals surface area contributed by atoms with Gasteiger partial charge in [0.25, 0.3) is 5.56 Å². The highest BCUT2D eigenvalue weighted by Gasteiger charge is 1.99. The van der Waals surface area contributed by atoms with Crippen LogP contribution in [0.5, 0.6) is 0 Å². The van der Waals surface area contributed by atoms with Crippen molar-refractivity contribution in [2.24, 2.45) is 0 Å². The summed E-state index contributed by atoms with van der Waals surface area (Å²) in [6.07, 6.45) is 6.43. The summed E-state index contributed by atoms with van der Waals surface area (Å²) in [6.45, 7) is 0. The van der Waals surface area contributed by atoms with Gasteiger partial charge in [0.2, 0.25) is 0 Å². The maximum Gasteiger partial charge on any atom is 0.327 e. The van der Waals surface area contributed by atoms with Gasteiger partial charge in [0, 0.05) is 12.4 Å². The number of H-pyrrole nitrogens is 4. The predicted octanol–water partition coefficient (Wildman–Crippen LogP) is -0.651. The monoisotopic (exact) mass is 220 g/mol. The molecule has 0 atom stereocenters. The standard InChI is InChI=1S/C5H4N4O2.C3H4N2/c10-4-2-3(7-1-6-2)8-5(11)9-4;1-2-5-3-4-1/h1H,(H3,6,7,8,9,10,11);1-3H,(H,4,5). The number of rotatable bonds is 0. The Balaban J connectivity index is 0.000000162. The molecule has 0 aliphatic heterocycles. The number of hydrogen-bond donors (Lipinski definition) is 4. The van der Waals surface area contributed by atoms with E-state index in [0.29, 0.717) is 0 Å². The van der Waals surface area contributed by atoms with Gasteiger partial charge < -0.3 is 9.97 Å². The fourth-order valence-electron chi connectivity index (χ4n) is 1.08. The van der Waals surface area contributed by atoms with Gasteiger partial charge >= 0.3 is 5.69 Å². The van der Waals surface area contributed by atoms with Gasteiger partial charge in [0.05, 0.1) is 12.7 Å². The van der Waals surface area contributed by atoms with Gasteiger partial charge in [-0.25, -0.2) is 14.8 Å². The second-order valence-corrected chi connectivity index (χ2v) is 2.79. The van der Waals surface area contributed by atoms with E-state index >= 15 is 0 Å². The zero-order chi connectivity index (χ0) is 11.4. The molecule has 0 saturated heterocycles. The summed E-state index contributed by atoms with van der Waals surface area (Å²) in [7, 11) is 0. The van der Waals surface area contributed by atoms with Crippen LogP contribution in [0.15, 0.2) is 34.6 Å². The highest BCUT2D eigenvalue weighted by molar-refractivity contribution is 5.67. The molecule has 0 unspecified atom stereocenters. The lowest BCUT2D eigenvalue weighted by Crippen LogP contribution is -2.21. The van der Waals surface area contributed by atoms with Crippen LogP contribution in [0.4, 0.5) is 0 Å². The fraction of sp³-hybridized carbons (Fsp3) is 0. The number of hydrogen-bond acceptors (Lipinski definition) is 4. The number of nitrogens with zero attached hydrogens (tertiary/aromatic N) is 2. The lowest BCUT2D eigenvalue weighted by atomic mass is 10.5. The molecule has 0 aliphatic carbocycles. The molecule has 0 aromatic carbocycles. The number of nitrogens with one attached hydrogen (secondary N) is 4. The Labute approximate surface area is 87.8 Å². The molecule has 82 valence electrons. The summed E-state index contributed by atoms with van der Waals surface area (Å²) in [5, 5.41) is 0. The molecule has 3 aromatic rings. The van der Waals surface area contributed by atoms with Crippen LogP contribution in [0, 0.1) is 0 Å². The Morgan fingerprint density at radius 3 is 2.62 bits per heavy atom. The van der Waals surface area contributed by atoms with Gasteiger partial charge in [-0.2, -0.15) is 0 Å². The third kappa shape index (κ3) is 2.05. The van der Waals surface area contributed by atoms with Gasteiger partial charge in [-0.3, -0.25) is 14.8 Å². The van der Waals surface area contributed by atoms with Crippen molar-refractivity contribution < 1.29 is 0 Å². The molecular weight excluding hydrogens is 212 g/mol. The Morgan fingerprint density at radius 2 is 2.00 bits per heavy atom. The van der Waals surface area contributed by atoms with Crippen LogP contribution in [0.1, 0.15) is 0 Å². The number of imidazole rings is 2. The van der Waals surface area contributed by atoms with Crippen molar-refractivity contribution in [3.8, 4) is 0 Å². The first-order valence-corrected chi connectivity index (χ1v) is 4.36. The van der Waals surface area contributed by atoms with Crippen LogP contribution >= 0.6 is 0 Å². The minimum atomic E-state index is -0.547. The molecule has 16 heavy (non-hydrogen) atoms. The van der Waals surface area contributed by atoms with Gasteiger partial charge in [0.15, 0.2) is 5.65 Å². The zero-order valence-electron chi connectivity index (χ0n) is 8.02. The SMILES string of the molecule is O=c1[nH]c(=O)c2[nH]cnc2[nH]1.c1c[nH]cn1. The van der Waals surface area contributed by atoms with Crippen molar-refractivity contribution >= 4 is 11.2 Å². The smallest absolute Gasteiger partial charge is 0.327 e. The Hall–Kier alpha value is -2.64. The van der Waals surface area contributed by atoms with Crippen LogP contribution in [0.2, 0.25) is 0 Å². The van der Waals surface area contributed by atoms with Crippen molar-refractivity contribution in [1.82, 2.24) is 29.9 Å². The molecule has 0 radical (unpaired) electrons. The van der Waals surface area contributed by atoms with Gasteiger partial charge in [-0.05, 0) is 0 Å². The zero-order valence-corrected chi connectivity index (χ0v) is 8.02. The van der Waals surface area contributed by atoms with Crippen LogP contribution in [0.3, 0.4) is 0 Å². The largest absolute Gasteiger partial charge is 0.351 e. The summed E-state index contributed by atoms with van der Waals surface area (Å²) in [6, 6.07) is 0. The van der Waals surface area contributed by atoms with E-state index in [9.17, 15) is 9.59 Å². The minimum Gasteiger partial charge on any atom is -0.351 e. The summed E-state index contributed by atoms with van der Waals surface area (Å²) >= 11 is 0. The van der Waals surface area contributed by atoms with Crippen LogP contribution in [-0.4, -0.2) is 29.9 Å². The van der Waals surface area contributed by atoms with E-state index in [1.165, 1.54) is 6.33 Å². The van der Waals surface area contributed by atoms with Crippen LogP contribution in [0.25, 0.3) is 11.2 Å². The van der Waals surface area contributed by atoms with Crippen molar-refractivity contribution in [1.29, 1.82) is 0 Å². The first-order chi connectivity index (χ1) is 7.77. The minimum absolute atomic E-state index is 0.277. The maximum atomic E-state index is 10.9. The Morgan fingerprint density at radius 1 is 1.12 bits per heavy atom. The summed E-state index contributed by atoms with van der Waals surface area (Å²) in [5.41, 5.74) is -0.445. The van der Waals surface area contributed by atoms with E-state index < -0.39 is 11.2 Å². The lowest BCUT2D eigenvalue weighted by molar-refractivity contribution is 1.07. The number of aromatic amines is 4. The molecule has 0 bridgehead atoms. The van der Waals surface area contributed by atoms with Gasteiger partial charge in [-0.1, -0.05) is 0 Å². The molecule has 3 rings (SSSR count). The predicted molar refractivity (Wildman–Crippen MR) is 55.9 cm³/mol. The molecule has 0 amide bonds. The van der Waals surface area contributed by atoms with E-state index in [4.69, 9.17) is 0 Å². The second-order valence-electron chi connectivity index (χ2n) is 2.79. The van der Waals surface area contributed by atoms with Crippen molar-refractivity contribution in [3.63, 3.8) is 0 Å². The lowest BCUT2D eigenvalue weighted by Gasteiger charge is -1.83. The topological polar surface area (TPSA) is 123 Å². The molecule has 8 nitrogen and oxygen atoms in total. The maximum absolute atomic E-state index is 10.9. The average molecular weight is 220 g/mol. The molecule has 0 fully saturated rings. The third-order valence-electron chi connectivity index (χ3n) is 1.73. The molecule has 0 saturated carbocycles. The molecule has 3 aromatic heterocycles. The Kier molecular flexibility index (Phi) is 2.63. The average Bonchev–Trinajstić information content (AvgIpc) is 2.90. The third-order valence-corrected chi connectivity index (χ3v) is 1.73. The van der Waals surface area contributed by atoms with Crippen molar-refractivity contribution in [3.05, 3.63) is 45.9 Å². The molecule has 0 aliphatic rings. The molecule has 3 heterocycles. The summed E-state index contributed by atoms with van der Waals surface area (Å²) < 4.78 is 0. The quantitative estimate of drug-likeness (QED) is 0.402. The van der Waals surface area contributed by atoms with E-state index in [1.54, 1.807) is 18.7 Å². The number of fused-ring (bicyclic) bond motifs is 1. The van der Waals surface area contributed by atoms with E-state index in [1.807, 2.05) is 0 Å². The molecule has 8 heteroatoms. The van der Waals surface area contributed by atoms with Gasteiger partial charge in [-0.15, -0.1) is 0 Å². The first kappa shape index (κ1) is 9.90. The van der Waals surface area contributed by atoms with Crippen molar-refractivity contribution in [2.45, 2.75) is 0 Å². The van der Waals surface area contributed by atoms with Gasteiger partial charge in [0.1, 0.15) is 5.52 Å². The van der Waals surface area contributed by atoms with E-state index in [0.717, 1.165) is 0 Å². The summed E-state index contributed by atoms with van der Waals surface area (Å²) in [5.74, 6) is 0. The normalized spacial score (nSPS) is 9.75. The van der Waals surface area contributed by atoms with Crippen molar-refractivity contribution in [2.75, 3.05) is 0 Å². The number of aromatic nitrogens is 6. The Bertz CT molecular complexity index is 644. The highest BCUT2D eigenvalue weighted by Crippen LogP contribution is 1.92. The van der Waals surface area contributed by atoms with E-state index in [2.05, 4.69) is 29.9 Å².